The molecular formula is C19H25N3O3. The van der Waals surface area contributed by atoms with Crippen LogP contribution in [-0.4, -0.2) is 31.9 Å². The minimum Gasteiger partial charge on any atom is -0.479 e. The molecule has 0 aliphatic carbocycles. The Morgan fingerprint density at radius 1 is 1.32 bits per heavy atom. The molecule has 6 heteroatoms. The summed E-state index contributed by atoms with van der Waals surface area (Å²) in [5.41, 5.74) is 2.13. The van der Waals surface area contributed by atoms with Crippen molar-refractivity contribution in [3.8, 4) is 11.4 Å². The summed E-state index contributed by atoms with van der Waals surface area (Å²) in [4.78, 5) is 15.4. The van der Waals surface area contributed by atoms with Crippen molar-refractivity contribution in [2.45, 2.75) is 52.1 Å². The molecule has 1 aromatic heterocycles. The first kappa shape index (κ1) is 18.7. The minimum absolute atomic E-state index is 0.462. The summed E-state index contributed by atoms with van der Waals surface area (Å²) < 4.78 is 7.31. The highest BCUT2D eigenvalue weighted by Crippen LogP contribution is 2.20. The molecule has 2 rings (SSSR count). The van der Waals surface area contributed by atoms with E-state index >= 15 is 0 Å². The third-order valence-corrected chi connectivity index (χ3v) is 3.98. The Labute approximate surface area is 148 Å². The Bertz CT molecular complexity index is 678. The van der Waals surface area contributed by atoms with Gasteiger partial charge < -0.3 is 9.84 Å². The van der Waals surface area contributed by atoms with Gasteiger partial charge in [-0.2, -0.15) is 5.10 Å². The molecule has 1 aromatic carbocycles. The molecule has 1 atom stereocenters. The average molecular weight is 343 g/mol. The van der Waals surface area contributed by atoms with Crippen molar-refractivity contribution < 1.29 is 14.6 Å². The van der Waals surface area contributed by atoms with Crippen LogP contribution in [0.2, 0.25) is 0 Å². The van der Waals surface area contributed by atoms with E-state index < -0.39 is 12.1 Å². The number of hydrogen-bond donors (Lipinski definition) is 1. The Balaban J connectivity index is 1.98. The Morgan fingerprint density at radius 3 is 2.64 bits per heavy atom. The van der Waals surface area contributed by atoms with Crippen molar-refractivity contribution in [2.75, 3.05) is 0 Å². The van der Waals surface area contributed by atoms with E-state index in [9.17, 15) is 9.90 Å². The van der Waals surface area contributed by atoms with Crippen LogP contribution < -0.4 is 4.74 Å². The maximum absolute atomic E-state index is 11.5. The van der Waals surface area contributed by atoms with Gasteiger partial charge in [0, 0.05) is 0 Å². The number of carboxylic acids is 1. The molecule has 0 fully saturated rings. The lowest BCUT2D eigenvalue weighted by atomic mass is 10.0. The van der Waals surface area contributed by atoms with Gasteiger partial charge in [0.1, 0.15) is 18.4 Å². The summed E-state index contributed by atoms with van der Waals surface area (Å²) in [6.45, 7) is 4.23. The normalized spacial score (nSPS) is 12.8. The fourth-order valence-corrected chi connectivity index (χ4v) is 2.50. The van der Waals surface area contributed by atoms with Crippen molar-refractivity contribution >= 4 is 5.97 Å². The first-order valence-electron chi connectivity index (χ1n) is 8.66. The lowest BCUT2D eigenvalue weighted by Crippen LogP contribution is -2.27. The molecule has 1 N–H and O–H groups in total. The number of carboxylic acid groups (broad SMARTS) is 1. The number of aliphatic carboxylic acids is 1. The smallest absolute Gasteiger partial charge is 0.344 e. The first-order chi connectivity index (χ1) is 12.1. The predicted octanol–water partition coefficient (Wildman–Crippen LogP) is 4.02. The lowest BCUT2D eigenvalue weighted by Gasteiger charge is -2.16. The fraction of sp³-hybridized carbons (Fsp3) is 0.421. The Kier molecular flexibility index (Phi) is 7.19. The predicted molar refractivity (Wildman–Crippen MR) is 95.9 cm³/mol. The Hall–Kier alpha value is -2.63. The van der Waals surface area contributed by atoms with Gasteiger partial charge in [0.2, 0.25) is 0 Å². The van der Waals surface area contributed by atoms with Crippen LogP contribution in [0.1, 0.15) is 46.0 Å². The highest BCUT2D eigenvalue weighted by atomic mass is 16.5. The lowest BCUT2D eigenvalue weighted by molar-refractivity contribution is -0.145. The molecule has 2 aromatic rings. The topological polar surface area (TPSA) is 77.2 Å². The van der Waals surface area contributed by atoms with Gasteiger partial charge in [-0.15, -0.1) is 0 Å². The maximum Gasteiger partial charge on any atom is 0.344 e. The summed E-state index contributed by atoms with van der Waals surface area (Å²) in [6, 6.07) is 7.14. The molecule has 25 heavy (non-hydrogen) atoms. The molecular weight excluding hydrogens is 318 g/mol. The molecule has 1 unspecified atom stereocenters. The largest absolute Gasteiger partial charge is 0.479 e. The second-order valence-corrected chi connectivity index (χ2v) is 5.82. The maximum atomic E-state index is 11.5. The number of unbranched alkanes of at least 4 members (excludes halogenated alkanes) is 1. The molecule has 0 amide bonds. The van der Waals surface area contributed by atoms with Crippen LogP contribution >= 0.6 is 0 Å². The van der Waals surface area contributed by atoms with E-state index in [1.165, 1.54) is 11.9 Å². The van der Waals surface area contributed by atoms with Crippen LogP contribution in [0, 0.1) is 0 Å². The second kappa shape index (κ2) is 9.61. The van der Waals surface area contributed by atoms with Gasteiger partial charge in [0.05, 0.1) is 5.69 Å². The Morgan fingerprint density at radius 2 is 2.08 bits per heavy atom. The average Bonchev–Trinajstić information content (AvgIpc) is 3.15. The zero-order chi connectivity index (χ0) is 18.1. The summed E-state index contributed by atoms with van der Waals surface area (Å²) in [6.07, 6.45) is 8.70. The summed E-state index contributed by atoms with van der Waals surface area (Å²) in [5, 5.41) is 13.5. The highest BCUT2D eigenvalue weighted by Gasteiger charge is 2.19. The van der Waals surface area contributed by atoms with Crippen LogP contribution in [0.4, 0.5) is 0 Å². The van der Waals surface area contributed by atoms with Gasteiger partial charge in [0.15, 0.2) is 6.10 Å². The van der Waals surface area contributed by atoms with Gasteiger partial charge in [0.25, 0.3) is 0 Å². The van der Waals surface area contributed by atoms with Crippen molar-refractivity contribution in [3.63, 3.8) is 0 Å². The molecule has 0 bridgehead atoms. The van der Waals surface area contributed by atoms with Crippen molar-refractivity contribution in [1.29, 1.82) is 0 Å². The summed E-state index contributed by atoms with van der Waals surface area (Å²) in [5.74, 6) is -0.404. The van der Waals surface area contributed by atoms with Gasteiger partial charge in [-0.05, 0) is 49.9 Å². The van der Waals surface area contributed by atoms with Crippen molar-refractivity contribution in [3.05, 3.63) is 48.6 Å². The molecule has 1 heterocycles. The number of allylic oxidation sites excluding steroid dienone is 2. The zero-order valence-corrected chi connectivity index (χ0v) is 14.8. The van der Waals surface area contributed by atoms with Gasteiger partial charge in [-0.3, -0.25) is 0 Å². The number of rotatable bonds is 10. The summed E-state index contributed by atoms with van der Waals surface area (Å²) >= 11 is 0. The zero-order valence-electron chi connectivity index (χ0n) is 14.8. The molecule has 0 aliphatic rings. The van der Waals surface area contributed by atoms with Crippen LogP contribution in [0.3, 0.4) is 0 Å². The number of benzene rings is 1. The molecule has 0 aliphatic heterocycles. The second-order valence-electron chi connectivity index (χ2n) is 5.82. The van der Waals surface area contributed by atoms with E-state index in [0.29, 0.717) is 12.2 Å². The monoisotopic (exact) mass is 343 g/mol. The van der Waals surface area contributed by atoms with Crippen molar-refractivity contribution in [1.82, 2.24) is 14.8 Å². The quantitative estimate of drug-likeness (QED) is 0.659. The number of ether oxygens (including phenoxy) is 1. The first-order valence-corrected chi connectivity index (χ1v) is 8.66. The summed E-state index contributed by atoms with van der Waals surface area (Å²) in [7, 11) is 0. The molecule has 134 valence electrons. The van der Waals surface area contributed by atoms with Crippen LogP contribution in [0.25, 0.3) is 5.69 Å². The number of hydrogen-bond acceptors (Lipinski definition) is 4. The molecule has 0 saturated carbocycles. The van der Waals surface area contributed by atoms with Gasteiger partial charge >= 0.3 is 5.97 Å². The fourth-order valence-electron chi connectivity index (χ4n) is 2.50. The SMILES string of the molecule is CCC/C=C(\CC)CCC(Oc1ccc(-n2cncn2)cc1)C(=O)O. The van der Waals surface area contributed by atoms with Gasteiger partial charge in [-0.1, -0.05) is 31.9 Å². The minimum atomic E-state index is -0.939. The van der Waals surface area contributed by atoms with Crippen molar-refractivity contribution in [2.24, 2.45) is 0 Å². The number of nitrogens with zero attached hydrogens (tertiary/aromatic N) is 3. The van der Waals surface area contributed by atoms with E-state index in [1.807, 2.05) is 12.1 Å². The molecule has 0 saturated heterocycles. The third kappa shape index (κ3) is 5.74. The number of aromatic nitrogens is 3. The third-order valence-electron chi connectivity index (χ3n) is 3.98. The van der Waals surface area contributed by atoms with Crippen LogP contribution in [0.5, 0.6) is 5.75 Å². The van der Waals surface area contributed by atoms with E-state index in [4.69, 9.17) is 4.74 Å². The molecule has 0 radical (unpaired) electrons. The highest BCUT2D eigenvalue weighted by molar-refractivity contribution is 5.72. The van der Waals surface area contributed by atoms with Crippen LogP contribution in [0.15, 0.2) is 48.6 Å². The van der Waals surface area contributed by atoms with E-state index in [2.05, 4.69) is 30.0 Å². The van der Waals surface area contributed by atoms with Crippen LogP contribution in [-0.2, 0) is 4.79 Å². The van der Waals surface area contributed by atoms with E-state index in [1.54, 1.807) is 23.1 Å². The van der Waals surface area contributed by atoms with E-state index in [-0.39, 0.29) is 0 Å². The van der Waals surface area contributed by atoms with Gasteiger partial charge in [-0.25, -0.2) is 14.5 Å². The standard InChI is InChI=1S/C19H25N3O3/c1-3-5-6-15(4-2)7-12-18(19(23)24)25-17-10-8-16(9-11-17)22-14-20-13-21-22/h6,8-11,13-14,18H,3-5,7,12H2,1-2H3,(H,23,24)/b15-6+. The molecule has 0 spiro atoms. The number of carbonyl (C=O) groups is 1. The molecule has 6 nitrogen and oxygen atoms in total. The van der Waals surface area contributed by atoms with E-state index in [0.717, 1.165) is 31.4 Å².